The van der Waals surface area contributed by atoms with Gasteiger partial charge in [0.15, 0.2) is 0 Å². The number of ether oxygens (including phenoxy) is 1. The maximum atomic E-state index is 11.1. The Hall–Kier alpha value is -1.92. The van der Waals surface area contributed by atoms with Gasteiger partial charge in [0.05, 0.1) is 12.0 Å². The zero-order valence-corrected chi connectivity index (χ0v) is 7.73. The zero-order chi connectivity index (χ0) is 10.7. The van der Waals surface area contributed by atoms with Crippen LogP contribution in [0.4, 0.5) is 5.69 Å². The normalized spacial score (nSPS) is 9.86. The monoisotopic (exact) mass is 199 g/mol. The Balaban J connectivity index is 3.24. The zero-order valence-electron chi connectivity index (χ0n) is 7.73. The molecule has 1 aromatic heterocycles. The summed E-state index contributed by atoms with van der Waals surface area (Å²) < 4.78 is 4.36. The first kappa shape index (κ1) is 10.2. The van der Waals surface area contributed by atoms with Crippen LogP contribution in [0.5, 0.6) is 0 Å². The number of carbonyl (C=O) groups excluding carboxylic acids is 1. The molecule has 0 saturated carbocycles. The van der Waals surface area contributed by atoms with E-state index < -0.39 is 10.9 Å². The van der Waals surface area contributed by atoms with Crippen molar-refractivity contribution in [3.8, 4) is 0 Å². The number of aryl methyl sites for hydroxylation is 1. The third-order valence-electron chi connectivity index (χ3n) is 1.73. The maximum Gasteiger partial charge on any atom is 0.365 e. The van der Waals surface area contributed by atoms with E-state index in [1.54, 1.807) is 6.92 Å². The lowest BCUT2D eigenvalue weighted by molar-refractivity contribution is -0.385. The number of nitrogens with one attached hydrogen (secondary N) is 1. The molecule has 1 rings (SSSR count). The van der Waals surface area contributed by atoms with Crippen molar-refractivity contribution >= 4 is 11.7 Å². The van der Waals surface area contributed by atoms with E-state index in [9.17, 15) is 14.9 Å². The Labute approximate surface area is 79.2 Å². The second-order valence-corrected chi connectivity index (χ2v) is 2.50. The molecular formula is C7H9N3O4. The van der Waals surface area contributed by atoms with Crippen LogP contribution in [0.15, 0.2) is 0 Å². The Morgan fingerprint density at radius 2 is 2.36 bits per heavy atom. The topological polar surface area (TPSA) is 98.1 Å². The van der Waals surface area contributed by atoms with Crippen LogP contribution >= 0.6 is 0 Å². The molecule has 76 valence electrons. The molecular weight excluding hydrogens is 190 g/mol. The largest absolute Gasteiger partial charge is 0.464 e. The molecule has 0 amide bonds. The third-order valence-corrected chi connectivity index (χ3v) is 1.73. The van der Waals surface area contributed by atoms with Crippen LogP contribution < -0.4 is 0 Å². The lowest BCUT2D eigenvalue weighted by Crippen LogP contribution is -2.05. The molecule has 0 fully saturated rings. The van der Waals surface area contributed by atoms with E-state index in [1.807, 2.05) is 0 Å². The molecule has 14 heavy (non-hydrogen) atoms. The number of rotatable bonds is 3. The van der Waals surface area contributed by atoms with Crippen LogP contribution in [-0.4, -0.2) is 28.2 Å². The SMILES string of the molecule is CCc1[nH]nc(C(=O)OC)c1[N+](=O)[O-]. The molecule has 1 N–H and O–H groups in total. The van der Waals surface area contributed by atoms with E-state index in [1.165, 1.54) is 0 Å². The molecule has 0 aliphatic rings. The average Bonchev–Trinajstić information content (AvgIpc) is 2.59. The first-order chi connectivity index (χ1) is 6.61. The van der Waals surface area contributed by atoms with E-state index in [0.29, 0.717) is 12.1 Å². The number of esters is 1. The highest BCUT2D eigenvalue weighted by Crippen LogP contribution is 2.21. The predicted molar refractivity (Wildman–Crippen MR) is 46.0 cm³/mol. The molecule has 0 aliphatic carbocycles. The van der Waals surface area contributed by atoms with Gasteiger partial charge in [0.2, 0.25) is 5.69 Å². The number of nitro groups is 1. The van der Waals surface area contributed by atoms with Crippen molar-refractivity contribution in [3.63, 3.8) is 0 Å². The third kappa shape index (κ3) is 1.56. The highest BCUT2D eigenvalue weighted by Gasteiger charge is 2.28. The summed E-state index contributed by atoms with van der Waals surface area (Å²) in [6.45, 7) is 1.72. The minimum absolute atomic E-state index is 0.283. The van der Waals surface area contributed by atoms with Crippen LogP contribution in [0.3, 0.4) is 0 Å². The number of aromatic nitrogens is 2. The van der Waals surface area contributed by atoms with Crippen molar-refractivity contribution in [2.45, 2.75) is 13.3 Å². The van der Waals surface area contributed by atoms with Crippen LogP contribution in [0.1, 0.15) is 23.1 Å². The van der Waals surface area contributed by atoms with Gasteiger partial charge < -0.3 is 4.74 Å². The van der Waals surface area contributed by atoms with Gasteiger partial charge in [0, 0.05) is 0 Å². The summed E-state index contributed by atoms with van der Waals surface area (Å²) in [7, 11) is 1.15. The smallest absolute Gasteiger partial charge is 0.365 e. The molecule has 7 heteroatoms. The summed E-state index contributed by atoms with van der Waals surface area (Å²) >= 11 is 0. The van der Waals surface area contributed by atoms with Crippen molar-refractivity contribution in [3.05, 3.63) is 21.5 Å². The summed E-state index contributed by atoms with van der Waals surface area (Å²) in [5, 5.41) is 16.6. The molecule has 0 atom stereocenters. The van der Waals surface area contributed by atoms with Gasteiger partial charge in [0.25, 0.3) is 0 Å². The van der Waals surface area contributed by atoms with Gasteiger partial charge >= 0.3 is 11.7 Å². The standard InChI is InChI=1S/C7H9N3O4/c1-3-4-6(10(12)13)5(9-8-4)7(11)14-2/h3H2,1-2H3,(H,8,9). The number of H-pyrrole nitrogens is 1. The van der Waals surface area contributed by atoms with Crippen molar-refractivity contribution in [1.82, 2.24) is 10.2 Å². The number of hydrogen-bond acceptors (Lipinski definition) is 5. The lowest BCUT2D eigenvalue weighted by atomic mass is 10.2. The molecule has 7 nitrogen and oxygen atoms in total. The first-order valence-corrected chi connectivity index (χ1v) is 3.91. The fourth-order valence-corrected chi connectivity index (χ4v) is 1.05. The summed E-state index contributed by atoms with van der Waals surface area (Å²) in [4.78, 5) is 21.0. The summed E-state index contributed by atoms with van der Waals surface area (Å²) in [5.74, 6) is -0.812. The second kappa shape index (κ2) is 3.86. The van der Waals surface area contributed by atoms with E-state index in [-0.39, 0.29) is 11.4 Å². The van der Waals surface area contributed by atoms with Gasteiger partial charge in [-0.15, -0.1) is 0 Å². The molecule has 0 bridgehead atoms. The molecule has 0 saturated heterocycles. The first-order valence-electron chi connectivity index (χ1n) is 3.91. The van der Waals surface area contributed by atoms with Crippen molar-refractivity contribution < 1.29 is 14.5 Å². The van der Waals surface area contributed by atoms with Gasteiger partial charge in [-0.25, -0.2) is 4.79 Å². The number of hydrogen-bond donors (Lipinski definition) is 1. The Morgan fingerprint density at radius 1 is 1.71 bits per heavy atom. The molecule has 0 unspecified atom stereocenters. The highest BCUT2D eigenvalue weighted by atomic mass is 16.6. The lowest BCUT2D eigenvalue weighted by Gasteiger charge is -1.94. The van der Waals surface area contributed by atoms with Crippen molar-refractivity contribution in [2.24, 2.45) is 0 Å². The van der Waals surface area contributed by atoms with Crippen LogP contribution in [-0.2, 0) is 11.2 Å². The molecule has 1 aromatic rings. The minimum Gasteiger partial charge on any atom is -0.464 e. The van der Waals surface area contributed by atoms with E-state index in [2.05, 4.69) is 14.9 Å². The quantitative estimate of drug-likeness (QED) is 0.438. The molecule has 1 heterocycles. The molecule has 0 spiro atoms. The van der Waals surface area contributed by atoms with Crippen molar-refractivity contribution in [2.75, 3.05) is 7.11 Å². The maximum absolute atomic E-state index is 11.1. The summed E-state index contributed by atoms with van der Waals surface area (Å²) in [6, 6.07) is 0. The Kier molecular flexibility index (Phi) is 2.80. The van der Waals surface area contributed by atoms with Gasteiger partial charge in [-0.2, -0.15) is 5.10 Å². The van der Waals surface area contributed by atoms with Crippen LogP contribution in [0, 0.1) is 10.1 Å². The van der Waals surface area contributed by atoms with Crippen LogP contribution in [0.25, 0.3) is 0 Å². The highest BCUT2D eigenvalue weighted by molar-refractivity contribution is 5.92. The Morgan fingerprint density at radius 3 is 2.79 bits per heavy atom. The number of aromatic amines is 1. The number of methoxy groups -OCH3 is 1. The molecule has 0 radical (unpaired) electrons. The summed E-state index contributed by atoms with van der Waals surface area (Å²) in [6.07, 6.45) is 0.403. The summed E-state index contributed by atoms with van der Waals surface area (Å²) in [5.41, 5.74) is -0.274. The number of nitrogens with zero attached hydrogens (tertiary/aromatic N) is 2. The van der Waals surface area contributed by atoms with Gasteiger partial charge in [-0.1, -0.05) is 6.92 Å². The molecule has 0 aromatic carbocycles. The van der Waals surface area contributed by atoms with Crippen molar-refractivity contribution in [1.29, 1.82) is 0 Å². The Bertz CT molecular complexity index is 371. The average molecular weight is 199 g/mol. The second-order valence-electron chi connectivity index (χ2n) is 2.50. The van der Waals surface area contributed by atoms with Gasteiger partial charge in [-0.3, -0.25) is 15.2 Å². The molecule has 0 aliphatic heterocycles. The number of carbonyl (C=O) groups is 1. The van der Waals surface area contributed by atoms with Gasteiger partial charge in [0.1, 0.15) is 5.69 Å². The minimum atomic E-state index is -0.812. The fourth-order valence-electron chi connectivity index (χ4n) is 1.05. The van der Waals surface area contributed by atoms with Crippen LogP contribution in [0.2, 0.25) is 0 Å². The van der Waals surface area contributed by atoms with E-state index in [4.69, 9.17) is 0 Å². The fraction of sp³-hybridized carbons (Fsp3) is 0.429. The predicted octanol–water partition coefficient (Wildman–Crippen LogP) is 0.667. The van der Waals surface area contributed by atoms with Gasteiger partial charge in [-0.05, 0) is 6.42 Å². The van der Waals surface area contributed by atoms with E-state index in [0.717, 1.165) is 7.11 Å². The van der Waals surface area contributed by atoms with E-state index >= 15 is 0 Å².